The summed E-state index contributed by atoms with van der Waals surface area (Å²) in [5, 5.41) is 4.03. The summed E-state index contributed by atoms with van der Waals surface area (Å²) in [6.07, 6.45) is 3.58. The van der Waals surface area contributed by atoms with Crippen molar-refractivity contribution in [1.29, 1.82) is 0 Å². The Morgan fingerprint density at radius 2 is 2.20 bits per heavy atom. The highest BCUT2D eigenvalue weighted by Gasteiger charge is 2.00. The topological polar surface area (TPSA) is 27.1 Å². The van der Waals surface area contributed by atoms with Crippen LogP contribution in [0, 0.1) is 3.57 Å². The van der Waals surface area contributed by atoms with Crippen LogP contribution in [-0.4, -0.2) is 9.94 Å². The van der Waals surface area contributed by atoms with E-state index in [1.165, 1.54) is 4.85 Å². The third-order valence-corrected chi connectivity index (χ3v) is 3.17. The summed E-state index contributed by atoms with van der Waals surface area (Å²) in [6.45, 7) is 0.499. The summed E-state index contributed by atoms with van der Waals surface area (Å²) >= 11 is 5.65. The fraction of sp³-hybridized carbons (Fsp3) is 0.100. The average molecular weight is 379 g/mol. The smallest absolute Gasteiger partial charge is 0.143 e. The Bertz CT molecular complexity index is 458. The van der Waals surface area contributed by atoms with Crippen LogP contribution in [0.1, 0.15) is 5.56 Å². The van der Waals surface area contributed by atoms with Crippen molar-refractivity contribution in [3.8, 4) is 0 Å². The van der Waals surface area contributed by atoms with Gasteiger partial charge in [0.25, 0.3) is 0 Å². The van der Waals surface area contributed by atoms with Gasteiger partial charge in [-0.05, 0) is 28.7 Å². The number of benzene rings is 1. The lowest BCUT2D eigenvalue weighted by molar-refractivity contribution is 0.0696. The SMILES string of the molecule is Brc1ccccc1COn1cc(I)cn1. The van der Waals surface area contributed by atoms with Gasteiger partial charge in [-0.25, -0.2) is 0 Å². The largest absolute Gasteiger partial charge is 0.392 e. The van der Waals surface area contributed by atoms with Crippen molar-refractivity contribution >= 4 is 38.5 Å². The third-order valence-electron chi connectivity index (χ3n) is 1.84. The molecule has 1 heterocycles. The molecular weight excluding hydrogens is 371 g/mol. The zero-order chi connectivity index (χ0) is 10.7. The van der Waals surface area contributed by atoms with Gasteiger partial charge in [-0.3, -0.25) is 0 Å². The zero-order valence-electron chi connectivity index (χ0n) is 7.73. The van der Waals surface area contributed by atoms with Crippen LogP contribution in [-0.2, 0) is 6.61 Å². The monoisotopic (exact) mass is 378 g/mol. The molecule has 1 aromatic heterocycles. The highest BCUT2D eigenvalue weighted by atomic mass is 127. The molecule has 0 aliphatic rings. The molecule has 0 bridgehead atoms. The van der Waals surface area contributed by atoms with Gasteiger partial charge in [0, 0.05) is 10.0 Å². The molecule has 3 nitrogen and oxygen atoms in total. The quantitative estimate of drug-likeness (QED) is 0.768. The summed E-state index contributed by atoms with van der Waals surface area (Å²) in [7, 11) is 0. The van der Waals surface area contributed by atoms with E-state index in [2.05, 4.69) is 43.6 Å². The van der Waals surface area contributed by atoms with Crippen LogP contribution in [0.4, 0.5) is 0 Å². The van der Waals surface area contributed by atoms with Crippen molar-refractivity contribution in [3.63, 3.8) is 0 Å². The molecule has 1 aromatic carbocycles. The molecule has 5 heteroatoms. The van der Waals surface area contributed by atoms with E-state index in [1.54, 1.807) is 6.20 Å². The molecule has 0 radical (unpaired) electrons. The Morgan fingerprint density at radius 1 is 1.40 bits per heavy atom. The summed E-state index contributed by atoms with van der Waals surface area (Å²) in [6, 6.07) is 7.96. The van der Waals surface area contributed by atoms with E-state index in [0.717, 1.165) is 13.6 Å². The van der Waals surface area contributed by atoms with Gasteiger partial charge in [0.2, 0.25) is 0 Å². The number of hydrogen-bond acceptors (Lipinski definition) is 2. The molecule has 0 aliphatic carbocycles. The molecule has 2 rings (SSSR count). The van der Waals surface area contributed by atoms with Crippen molar-refractivity contribution < 1.29 is 4.84 Å². The standard InChI is InChI=1S/C10H8BrIN2O/c11-10-4-2-1-3-8(10)7-15-14-6-9(12)5-13-14/h1-6H,7H2. The Morgan fingerprint density at radius 3 is 2.87 bits per heavy atom. The maximum atomic E-state index is 5.46. The molecule has 0 saturated heterocycles. The van der Waals surface area contributed by atoms with E-state index < -0.39 is 0 Å². The predicted molar refractivity (Wildman–Crippen MR) is 69.4 cm³/mol. The van der Waals surface area contributed by atoms with Gasteiger partial charge in [-0.1, -0.05) is 34.1 Å². The van der Waals surface area contributed by atoms with Crippen LogP contribution < -0.4 is 4.84 Å². The second kappa shape index (κ2) is 4.98. The second-order valence-corrected chi connectivity index (χ2v) is 5.03. The van der Waals surface area contributed by atoms with Crippen LogP contribution in [0.2, 0.25) is 0 Å². The Kier molecular flexibility index (Phi) is 3.63. The molecule has 0 unspecified atom stereocenters. The molecule has 0 aliphatic heterocycles. The lowest BCUT2D eigenvalue weighted by Gasteiger charge is -2.06. The maximum absolute atomic E-state index is 5.46. The van der Waals surface area contributed by atoms with Gasteiger partial charge in [0.15, 0.2) is 0 Å². The first-order valence-electron chi connectivity index (χ1n) is 4.32. The molecule has 0 saturated carbocycles. The van der Waals surface area contributed by atoms with Crippen molar-refractivity contribution in [3.05, 3.63) is 50.3 Å². The van der Waals surface area contributed by atoms with Crippen LogP contribution in [0.3, 0.4) is 0 Å². The first-order valence-corrected chi connectivity index (χ1v) is 6.20. The van der Waals surface area contributed by atoms with E-state index in [-0.39, 0.29) is 0 Å². The van der Waals surface area contributed by atoms with E-state index in [0.29, 0.717) is 6.61 Å². The van der Waals surface area contributed by atoms with Gasteiger partial charge < -0.3 is 4.84 Å². The number of hydrogen-bond donors (Lipinski definition) is 0. The van der Waals surface area contributed by atoms with Gasteiger partial charge >= 0.3 is 0 Å². The molecule has 0 spiro atoms. The third kappa shape index (κ3) is 2.94. The van der Waals surface area contributed by atoms with Crippen LogP contribution in [0.15, 0.2) is 41.1 Å². The second-order valence-electron chi connectivity index (χ2n) is 2.93. The summed E-state index contributed by atoms with van der Waals surface area (Å²) in [5.41, 5.74) is 1.10. The molecule has 0 N–H and O–H groups in total. The summed E-state index contributed by atoms with van der Waals surface area (Å²) in [4.78, 5) is 6.94. The van der Waals surface area contributed by atoms with Crippen molar-refractivity contribution in [2.24, 2.45) is 0 Å². The first kappa shape index (κ1) is 10.9. The van der Waals surface area contributed by atoms with E-state index >= 15 is 0 Å². The predicted octanol–water partition coefficient (Wildman–Crippen LogP) is 2.88. The Balaban J connectivity index is 2.02. The molecule has 0 fully saturated rings. The van der Waals surface area contributed by atoms with Crippen LogP contribution in [0.5, 0.6) is 0 Å². The molecule has 2 aromatic rings. The van der Waals surface area contributed by atoms with Gasteiger partial charge in [0.05, 0.1) is 16.0 Å². The number of nitrogens with zero attached hydrogens (tertiary/aromatic N) is 2. The average Bonchev–Trinajstić information content (AvgIpc) is 2.63. The lowest BCUT2D eigenvalue weighted by atomic mass is 10.2. The van der Waals surface area contributed by atoms with Crippen molar-refractivity contribution in [1.82, 2.24) is 9.94 Å². The Labute approximate surface area is 110 Å². The number of halogens is 2. The highest BCUT2D eigenvalue weighted by molar-refractivity contribution is 14.1. The Hall–Kier alpha value is -0.560. The van der Waals surface area contributed by atoms with Gasteiger partial charge in [-0.2, -0.15) is 0 Å². The molecular formula is C10H8BrIN2O. The van der Waals surface area contributed by atoms with E-state index in [1.807, 2.05) is 30.5 Å². The highest BCUT2D eigenvalue weighted by Crippen LogP contribution is 2.15. The molecule has 15 heavy (non-hydrogen) atoms. The summed E-state index contributed by atoms with van der Waals surface area (Å²) in [5.74, 6) is 0. The maximum Gasteiger partial charge on any atom is 0.143 e. The van der Waals surface area contributed by atoms with E-state index in [9.17, 15) is 0 Å². The zero-order valence-corrected chi connectivity index (χ0v) is 11.5. The van der Waals surface area contributed by atoms with Gasteiger partial charge in [-0.15, -0.1) is 9.94 Å². The molecule has 78 valence electrons. The normalized spacial score (nSPS) is 10.3. The first-order chi connectivity index (χ1) is 7.25. The number of aromatic nitrogens is 2. The van der Waals surface area contributed by atoms with Crippen molar-refractivity contribution in [2.75, 3.05) is 0 Å². The minimum absolute atomic E-state index is 0.499. The van der Waals surface area contributed by atoms with Crippen LogP contribution >= 0.6 is 38.5 Å². The van der Waals surface area contributed by atoms with Gasteiger partial charge in [0.1, 0.15) is 6.61 Å². The minimum atomic E-state index is 0.499. The van der Waals surface area contributed by atoms with Crippen molar-refractivity contribution in [2.45, 2.75) is 6.61 Å². The lowest BCUT2D eigenvalue weighted by Crippen LogP contribution is -2.11. The summed E-state index contributed by atoms with van der Waals surface area (Å²) < 4.78 is 2.10. The van der Waals surface area contributed by atoms with Crippen LogP contribution in [0.25, 0.3) is 0 Å². The molecule has 0 atom stereocenters. The molecule has 0 amide bonds. The fourth-order valence-corrected chi connectivity index (χ4v) is 1.87. The number of rotatable bonds is 3. The minimum Gasteiger partial charge on any atom is -0.392 e. The van der Waals surface area contributed by atoms with E-state index in [4.69, 9.17) is 4.84 Å². The fourth-order valence-electron chi connectivity index (χ4n) is 1.11.